The molecule has 0 amide bonds. The SMILES string of the molecule is CC1=CC(C)CC(c2ccccn2)C1. The Labute approximate surface area is 85.9 Å². The monoisotopic (exact) mass is 187 g/mol. The van der Waals surface area contributed by atoms with Crippen LogP contribution in [-0.2, 0) is 0 Å². The molecule has 14 heavy (non-hydrogen) atoms. The number of allylic oxidation sites excluding steroid dienone is 2. The van der Waals surface area contributed by atoms with Crippen molar-refractivity contribution in [1.82, 2.24) is 4.98 Å². The van der Waals surface area contributed by atoms with E-state index in [-0.39, 0.29) is 0 Å². The molecule has 74 valence electrons. The van der Waals surface area contributed by atoms with E-state index in [2.05, 4.69) is 37.0 Å². The number of rotatable bonds is 1. The first-order valence-electron chi connectivity index (χ1n) is 5.34. The Balaban J connectivity index is 2.18. The molecule has 0 aliphatic heterocycles. The number of pyridine rings is 1. The molecule has 1 aromatic rings. The van der Waals surface area contributed by atoms with Crippen molar-refractivity contribution in [3.8, 4) is 0 Å². The fraction of sp³-hybridized carbons (Fsp3) is 0.462. The van der Waals surface area contributed by atoms with Gasteiger partial charge in [-0.1, -0.05) is 24.6 Å². The van der Waals surface area contributed by atoms with Gasteiger partial charge in [-0.2, -0.15) is 0 Å². The van der Waals surface area contributed by atoms with Gasteiger partial charge in [-0.05, 0) is 37.8 Å². The van der Waals surface area contributed by atoms with Crippen LogP contribution in [0.15, 0.2) is 36.0 Å². The lowest BCUT2D eigenvalue weighted by Gasteiger charge is -2.24. The molecule has 1 aliphatic carbocycles. The van der Waals surface area contributed by atoms with Crippen molar-refractivity contribution in [3.05, 3.63) is 41.7 Å². The highest BCUT2D eigenvalue weighted by atomic mass is 14.7. The normalized spacial score (nSPS) is 27.1. The summed E-state index contributed by atoms with van der Waals surface area (Å²) in [7, 11) is 0. The van der Waals surface area contributed by atoms with Crippen molar-refractivity contribution >= 4 is 0 Å². The first-order valence-corrected chi connectivity index (χ1v) is 5.34. The van der Waals surface area contributed by atoms with E-state index < -0.39 is 0 Å². The quantitative estimate of drug-likeness (QED) is 0.613. The molecule has 2 rings (SSSR count). The van der Waals surface area contributed by atoms with Crippen molar-refractivity contribution in [2.75, 3.05) is 0 Å². The van der Waals surface area contributed by atoms with E-state index in [0.717, 1.165) is 0 Å². The third-order valence-corrected chi connectivity index (χ3v) is 2.90. The minimum absolute atomic E-state index is 0.635. The first-order chi connectivity index (χ1) is 6.75. The van der Waals surface area contributed by atoms with Crippen molar-refractivity contribution in [1.29, 1.82) is 0 Å². The van der Waals surface area contributed by atoms with Gasteiger partial charge in [0.15, 0.2) is 0 Å². The predicted octanol–water partition coefficient (Wildman–Crippen LogP) is 3.54. The second-order valence-corrected chi connectivity index (χ2v) is 4.38. The van der Waals surface area contributed by atoms with Gasteiger partial charge in [-0.15, -0.1) is 0 Å². The zero-order valence-corrected chi connectivity index (χ0v) is 8.90. The summed E-state index contributed by atoms with van der Waals surface area (Å²) in [6, 6.07) is 6.22. The van der Waals surface area contributed by atoms with Crippen LogP contribution in [0.1, 0.15) is 38.3 Å². The van der Waals surface area contributed by atoms with E-state index >= 15 is 0 Å². The standard InChI is InChI=1S/C13H17N/c1-10-7-11(2)9-12(8-10)13-5-3-4-6-14-13/h3-7,10,12H,8-9H2,1-2H3. The molecule has 0 bridgehead atoms. The number of hydrogen-bond donors (Lipinski definition) is 0. The van der Waals surface area contributed by atoms with Crippen LogP contribution in [0.3, 0.4) is 0 Å². The molecule has 0 fully saturated rings. The van der Waals surface area contributed by atoms with Crippen LogP contribution in [-0.4, -0.2) is 4.98 Å². The summed E-state index contributed by atoms with van der Waals surface area (Å²) in [6.07, 6.45) is 6.71. The smallest absolute Gasteiger partial charge is 0.0437 e. The molecule has 0 aromatic carbocycles. The summed E-state index contributed by atoms with van der Waals surface area (Å²) in [5.74, 6) is 1.34. The predicted molar refractivity (Wildman–Crippen MR) is 59.1 cm³/mol. The van der Waals surface area contributed by atoms with Crippen molar-refractivity contribution in [2.45, 2.75) is 32.6 Å². The van der Waals surface area contributed by atoms with Crippen LogP contribution in [0.5, 0.6) is 0 Å². The van der Waals surface area contributed by atoms with Crippen molar-refractivity contribution in [3.63, 3.8) is 0 Å². The van der Waals surface area contributed by atoms with E-state index in [1.54, 1.807) is 0 Å². The zero-order valence-electron chi connectivity index (χ0n) is 8.90. The molecule has 0 N–H and O–H groups in total. The molecular weight excluding hydrogens is 170 g/mol. The molecule has 0 saturated carbocycles. The van der Waals surface area contributed by atoms with Crippen LogP contribution < -0.4 is 0 Å². The largest absolute Gasteiger partial charge is 0.261 e. The molecular formula is C13H17N. The average molecular weight is 187 g/mol. The molecule has 0 saturated heterocycles. The van der Waals surface area contributed by atoms with Crippen LogP contribution in [0, 0.1) is 5.92 Å². The highest BCUT2D eigenvalue weighted by Gasteiger charge is 2.20. The Morgan fingerprint density at radius 3 is 2.86 bits per heavy atom. The van der Waals surface area contributed by atoms with Crippen LogP contribution >= 0.6 is 0 Å². The van der Waals surface area contributed by atoms with Gasteiger partial charge >= 0.3 is 0 Å². The molecule has 0 spiro atoms. The maximum Gasteiger partial charge on any atom is 0.0437 e. The van der Waals surface area contributed by atoms with E-state index in [1.807, 2.05) is 12.3 Å². The minimum Gasteiger partial charge on any atom is -0.261 e. The third-order valence-electron chi connectivity index (χ3n) is 2.90. The van der Waals surface area contributed by atoms with Gasteiger partial charge in [0.05, 0.1) is 0 Å². The Hall–Kier alpha value is -1.11. The topological polar surface area (TPSA) is 12.9 Å². The van der Waals surface area contributed by atoms with Crippen LogP contribution in [0.4, 0.5) is 0 Å². The number of hydrogen-bond acceptors (Lipinski definition) is 1. The second kappa shape index (κ2) is 3.95. The molecule has 2 atom stereocenters. The molecule has 2 unspecified atom stereocenters. The second-order valence-electron chi connectivity index (χ2n) is 4.38. The third kappa shape index (κ3) is 2.03. The molecule has 1 heterocycles. The van der Waals surface area contributed by atoms with Gasteiger partial charge < -0.3 is 0 Å². The summed E-state index contributed by atoms with van der Waals surface area (Å²) in [4.78, 5) is 4.44. The van der Waals surface area contributed by atoms with Gasteiger partial charge in [0.25, 0.3) is 0 Å². The van der Waals surface area contributed by atoms with E-state index in [9.17, 15) is 0 Å². The number of nitrogens with zero attached hydrogens (tertiary/aromatic N) is 1. The number of aromatic nitrogens is 1. The fourth-order valence-electron chi connectivity index (χ4n) is 2.39. The van der Waals surface area contributed by atoms with Gasteiger partial charge in [0.2, 0.25) is 0 Å². The molecule has 1 heteroatoms. The summed E-state index contributed by atoms with van der Waals surface area (Å²) >= 11 is 0. The molecule has 1 nitrogen and oxygen atoms in total. The summed E-state index contributed by atoms with van der Waals surface area (Å²) in [6.45, 7) is 4.52. The van der Waals surface area contributed by atoms with Gasteiger partial charge in [0, 0.05) is 17.8 Å². The molecule has 1 aliphatic rings. The van der Waals surface area contributed by atoms with E-state index in [4.69, 9.17) is 0 Å². The lowest BCUT2D eigenvalue weighted by molar-refractivity contribution is 0.491. The Morgan fingerprint density at radius 2 is 2.21 bits per heavy atom. The maximum atomic E-state index is 4.44. The van der Waals surface area contributed by atoms with Crippen LogP contribution in [0.2, 0.25) is 0 Å². The van der Waals surface area contributed by atoms with Gasteiger partial charge in [-0.3, -0.25) is 4.98 Å². The maximum absolute atomic E-state index is 4.44. The first kappa shape index (κ1) is 9.45. The average Bonchev–Trinajstić information content (AvgIpc) is 2.18. The summed E-state index contributed by atoms with van der Waals surface area (Å²) in [5.41, 5.74) is 2.77. The Bertz CT molecular complexity index is 326. The zero-order chi connectivity index (χ0) is 9.97. The summed E-state index contributed by atoms with van der Waals surface area (Å²) < 4.78 is 0. The highest BCUT2D eigenvalue weighted by Crippen LogP contribution is 2.34. The fourth-order valence-corrected chi connectivity index (χ4v) is 2.39. The Kier molecular flexibility index (Phi) is 2.67. The molecule has 0 radical (unpaired) electrons. The van der Waals surface area contributed by atoms with Crippen molar-refractivity contribution in [2.24, 2.45) is 5.92 Å². The van der Waals surface area contributed by atoms with Gasteiger partial charge in [0.1, 0.15) is 0 Å². The summed E-state index contributed by atoms with van der Waals surface area (Å²) in [5, 5.41) is 0. The molecule has 1 aromatic heterocycles. The minimum atomic E-state index is 0.635. The van der Waals surface area contributed by atoms with Crippen LogP contribution in [0.25, 0.3) is 0 Å². The lowest BCUT2D eigenvalue weighted by atomic mass is 9.82. The lowest BCUT2D eigenvalue weighted by Crippen LogP contribution is -2.11. The van der Waals surface area contributed by atoms with Crippen molar-refractivity contribution < 1.29 is 0 Å². The highest BCUT2D eigenvalue weighted by molar-refractivity contribution is 5.17. The Morgan fingerprint density at radius 1 is 1.36 bits per heavy atom. The van der Waals surface area contributed by atoms with E-state index in [1.165, 1.54) is 24.1 Å². The van der Waals surface area contributed by atoms with E-state index in [0.29, 0.717) is 11.8 Å². The van der Waals surface area contributed by atoms with Gasteiger partial charge in [-0.25, -0.2) is 0 Å².